The highest BCUT2D eigenvalue weighted by molar-refractivity contribution is 5.71. The fraction of sp³-hybridized carbons (Fsp3) is 0.640. The summed E-state index contributed by atoms with van der Waals surface area (Å²) in [5.74, 6) is -2.04. The molecule has 1 N–H and O–H groups in total. The van der Waals surface area contributed by atoms with Gasteiger partial charge < -0.3 is 28.5 Å². The number of esters is 2. The van der Waals surface area contributed by atoms with Crippen molar-refractivity contribution in [2.45, 2.75) is 309 Å². The number of hydrogen-bond donors (Lipinski definition) is 1. The molecule has 0 amide bonds. The van der Waals surface area contributed by atoms with Gasteiger partial charge in [0.05, 0.1) is 34.4 Å². The molecule has 0 aromatic carbocycles. The van der Waals surface area contributed by atoms with E-state index in [-0.39, 0.29) is 38.6 Å². The molecule has 0 aliphatic carbocycles. The lowest BCUT2D eigenvalue weighted by Gasteiger charge is -2.25. The Labute approximate surface area is 584 Å². The molecule has 9 nitrogen and oxygen atoms in total. The maximum absolute atomic E-state index is 13.0. The molecule has 9 heteroatoms. The highest BCUT2D eigenvalue weighted by Crippen LogP contribution is 2.17. The molecule has 0 aliphatic rings. The molecule has 0 aromatic heterocycles. The second kappa shape index (κ2) is 74.4. The summed E-state index contributed by atoms with van der Waals surface area (Å²) in [6.07, 6.45) is 109. The molecular weight excluding hydrogens is 1170 g/mol. The van der Waals surface area contributed by atoms with Crippen molar-refractivity contribution >= 4 is 17.9 Å². The van der Waals surface area contributed by atoms with Crippen LogP contribution < -0.4 is 0 Å². The molecule has 95 heavy (non-hydrogen) atoms. The van der Waals surface area contributed by atoms with Crippen LogP contribution in [0, 0.1) is 0 Å². The van der Waals surface area contributed by atoms with Gasteiger partial charge in [-0.3, -0.25) is 9.59 Å². The van der Waals surface area contributed by atoms with Crippen molar-refractivity contribution in [1.29, 1.82) is 0 Å². The quantitative estimate of drug-likeness (QED) is 0.0211. The minimum atomic E-state index is -1.53. The number of allylic oxidation sites excluding steroid dienone is 28. The number of hydrogen-bond acceptors (Lipinski definition) is 7. The van der Waals surface area contributed by atoms with Crippen LogP contribution in [0.25, 0.3) is 0 Å². The second-order valence-electron chi connectivity index (χ2n) is 26.2. The Morgan fingerprint density at radius 3 is 0.842 bits per heavy atom. The van der Waals surface area contributed by atoms with Gasteiger partial charge in [0.1, 0.15) is 13.2 Å². The van der Waals surface area contributed by atoms with Gasteiger partial charge in [0.2, 0.25) is 0 Å². The number of nitrogens with zero attached hydrogens (tertiary/aromatic N) is 1. The molecule has 0 radical (unpaired) electrons. The minimum Gasteiger partial charge on any atom is -0.477 e. The van der Waals surface area contributed by atoms with Crippen LogP contribution in [-0.2, 0) is 33.3 Å². The van der Waals surface area contributed by atoms with Crippen LogP contribution in [0.4, 0.5) is 0 Å². The Kier molecular flexibility index (Phi) is 70.2. The van der Waals surface area contributed by atoms with Crippen LogP contribution in [0.2, 0.25) is 0 Å². The first-order valence-electron chi connectivity index (χ1n) is 38.3. The number of carboxylic acid groups (broad SMARTS) is 1. The number of carboxylic acids is 1. The molecule has 2 unspecified atom stereocenters. The Morgan fingerprint density at radius 2 is 0.568 bits per heavy atom. The molecule has 0 bridgehead atoms. The van der Waals surface area contributed by atoms with Crippen LogP contribution in [0.15, 0.2) is 170 Å². The predicted octanol–water partition coefficient (Wildman–Crippen LogP) is 24.6. The zero-order valence-corrected chi connectivity index (χ0v) is 61.5. The van der Waals surface area contributed by atoms with E-state index in [0.717, 1.165) is 135 Å². The Balaban J connectivity index is 4.09. The zero-order chi connectivity index (χ0) is 69.0. The van der Waals surface area contributed by atoms with Gasteiger partial charge in [0, 0.05) is 12.8 Å². The lowest BCUT2D eigenvalue weighted by Crippen LogP contribution is -2.40. The van der Waals surface area contributed by atoms with Crippen LogP contribution >= 0.6 is 0 Å². The second-order valence-corrected chi connectivity index (χ2v) is 26.2. The molecule has 0 heterocycles. The predicted molar refractivity (Wildman–Crippen MR) is 410 cm³/mol. The Bertz CT molecular complexity index is 2170. The summed E-state index contributed by atoms with van der Waals surface area (Å²) in [6.45, 7) is 4.62. The maximum atomic E-state index is 13.0. The minimum absolute atomic E-state index is 0.175. The van der Waals surface area contributed by atoms with E-state index in [9.17, 15) is 19.5 Å². The molecule has 0 saturated heterocycles. The Morgan fingerprint density at radius 1 is 0.316 bits per heavy atom. The molecule has 0 aliphatic heterocycles. The van der Waals surface area contributed by atoms with Crippen molar-refractivity contribution in [3.63, 3.8) is 0 Å². The van der Waals surface area contributed by atoms with Gasteiger partial charge in [-0.05, 0) is 128 Å². The number of carbonyl (C=O) groups excluding carboxylic acids is 2. The van der Waals surface area contributed by atoms with E-state index in [2.05, 4.69) is 184 Å². The first-order chi connectivity index (χ1) is 46.6. The third-order valence-electron chi connectivity index (χ3n) is 16.0. The van der Waals surface area contributed by atoms with Crippen molar-refractivity contribution in [3.05, 3.63) is 170 Å². The lowest BCUT2D eigenvalue weighted by atomic mass is 10.0. The van der Waals surface area contributed by atoms with Gasteiger partial charge in [-0.1, -0.05) is 325 Å². The van der Waals surface area contributed by atoms with Gasteiger partial charge >= 0.3 is 17.9 Å². The molecule has 0 spiro atoms. The number of quaternary nitrogens is 1. The highest BCUT2D eigenvalue weighted by Gasteiger charge is 2.25. The molecule has 0 aromatic rings. The van der Waals surface area contributed by atoms with E-state index in [0.29, 0.717) is 17.4 Å². The summed E-state index contributed by atoms with van der Waals surface area (Å²) in [6, 6.07) is 0. The van der Waals surface area contributed by atoms with E-state index in [1.54, 1.807) is 0 Å². The van der Waals surface area contributed by atoms with E-state index >= 15 is 0 Å². The SMILES string of the molecule is CC/C=C\C/C=C\C/C=C\C/C=C\C/C=C\C/C=C\C/C=C\C/C=C\CCCCCCC(=O)OC(COC(=O)CCCCCCCCCCCCCCCCCCCCCCCC/C=C\C/C=C\C/C=C\C/C=C\C/C=C\C/C=C\CC)COC(OCC[N+](C)(C)C)C(=O)O. The average molecular weight is 1320 g/mol. The van der Waals surface area contributed by atoms with Crippen LogP contribution in [0.1, 0.15) is 296 Å². The van der Waals surface area contributed by atoms with Crippen molar-refractivity contribution in [2.24, 2.45) is 0 Å². The smallest absolute Gasteiger partial charge is 0.361 e. The normalized spacial score (nSPS) is 13.7. The van der Waals surface area contributed by atoms with Gasteiger partial charge in [-0.25, -0.2) is 4.79 Å². The molecule has 0 saturated carbocycles. The van der Waals surface area contributed by atoms with E-state index < -0.39 is 24.3 Å². The molecule has 0 fully saturated rings. The summed E-state index contributed by atoms with van der Waals surface area (Å²) < 4.78 is 23.0. The molecule has 2 atom stereocenters. The van der Waals surface area contributed by atoms with Crippen molar-refractivity contribution in [2.75, 3.05) is 47.5 Å². The summed E-state index contributed by atoms with van der Waals surface area (Å²) in [7, 11) is 5.96. The first kappa shape index (κ1) is 89.6. The molecular formula is C86H142NO8+. The van der Waals surface area contributed by atoms with Crippen molar-refractivity contribution in [1.82, 2.24) is 0 Å². The summed E-state index contributed by atoms with van der Waals surface area (Å²) in [5.41, 5.74) is 0. The lowest BCUT2D eigenvalue weighted by molar-refractivity contribution is -0.870. The topological polar surface area (TPSA) is 108 Å². The van der Waals surface area contributed by atoms with Crippen LogP contribution in [0.3, 0.4) is 0 Å². The number of aliphatic carboxylic acids is 1. The monoisotopic (exact) mass is 1320 g/mol. The van der Waals surface area contributed by atoms with Crippen LogP contribution in [-0.4, -0.2) is 87.4 Å². The van der Waals surface area contributed by atoms with E-state index in [4.69, 9.17) is 18.9 Å². The Hall–Kier alpha value is -5.35. The zero-order valence-electron chi connectivity index (χ0n) is 61.5. The van der Waals surface area contributed by atoms with Crippen molar-refractivity contribution < 1.29 is 42.9 Å². The fourth-order valence-corrected chi connectivity index (χ4v) is 10.2. The maximum Gasteiger partial charge on any atom is 0.361 e. The van der Waals surface area contributed by atoms with E-state index in [1.165, 1.54) is 128 Å². The summed E-state index contributed by atoms with van der Waals surface area (Å²) in [4.78, 5) is 37.7. The third kappa shape index (κ3) is 75.9. The number of carbonyl (C=O) groups is 3. The van der Waals surface area contributed by atoms with E-state index in [1.807, 2.05) is 21.1 Å². The number of unbranched alkanes of at least 4 members (excludes halogenated alkanes) is 26. The number of rotatable bonds is 69. The third-order valence-corrected chi connectivity index (χ3v) is 16.0. The standard InChI is InChI=1S/C86H141NO8/c1-6-8-10-12-14-16-18-20-22-24-26-28-30-32-34-36-37-38-39-40-41-42-43-44-45-46-47-49-50-52-54-56-58-60-62-64-66-68-70-72-74-76-83(88)93-80-82(81-94-86(85(90)91)92-79-78-87(3,4)5)95-84(89)77-75-73-71-69-67-65-63-61-59-57-55-53-51-48-35-33-31-29-27-25-23-21-19-17-15-13-11-9-7-2/h8-11,14-17,20-23,26-29,32-35,37-38,51,53,57,59,63,65,82,86H,6-7,12-13,18-19,24-25,30-31,36,39-50,52,54-56,58,60-62,64,66-81H2,1-5H3/p+1/b10-8-,11-9-,16-14-,17-15-,22-20-,23-21-,28-26-,29-27-,34-32-,35-33-,38-37-,53-51-,59-57-,65-63-. The largest absolute Gasteiger partial charge is 0.477 e. The van der Waals surface area contributed by atoms with Gasteiger partial charge in [-0.2, -0.15) is 0 Å². The molecule has 538 valence electrons. The van der Waals surface area contributed by atoms with Crippen LogP contribution in [0.5, 0.6) is 0 Å². The number of ether oxygens (including phenoxy) is 4. The van der Waals surface area contributed by atoms with Gasteiger partial charge in [-0.15, -0.1) is 0 Å². The van der Waals surface area contributed by atoms with Gasteiger partial charge in [0.25, 0.3) is 6.29 Å². The fourth-order valence-electron chi connectivity index (χ4n) is 10.2. The van der Waals surface area contributed by atoms with Crippen molar-refractivity contribution in [3.8, 4) is 0 Å². The summed E-state index contributed by atoms with van der Waals surface area (Å²) >= 11 is 0. The van der Waals surface area contributed by atoms with Gasteiger partial charge in [0.15, 0.2) is 6.10 Å². The number of likely N-dealkylation sites (N-methyl/N-ethyl adjacent to an activating group) is 1. The first-order valence-corrected chi connectivity index (χ1v) is 38.3. The highest BCUT2D eigenvalue weighted by atomic mass is 16.7. The molecule has 0 rings (SSSR count). The summed E-state index contributed by atoms with van der Waals surface area (Å²) in [5, 5.41) is 9.76. The average Bonchev–Trinajstić information content (AvgIpc) is 2.86.